The van der Waals surface area contributed by atoms with Crippen LogP contribution in [0.15, 0.2) is 0 Å². The van der Waals surface area contributed by atoms with Gasteiger partial charge in [0.25, 0.3) is 9.28 Å². The molecule has 186 valence electrons. The SMILES string of the molecule is C[SiH](C)O[SiH](C)O[Si](C)(C)O[SiH](C)C.[SiH3]OO[SiH2]O[SiH3].[SiH3]OO[Si](O[SiH3])(O[SiH3])O[SiH3]. The van der Waals surface area contributed by atoms with E-state index in [0.29, 0.717) is 52.4 Å². The highest BCUT2D eigenvalue weighted by atomic mass is 28.5. The van der Waals surface area contributed by atoms with Gasteiger partial charge in [0, 0.05) is 0 Å². The van der Waals surface area contributed by atoms with Gasteiger partial charge in [0.05, 0.1) is 0 Å². The zero-order valence-electron chi connectivity index (χ0n) is 20.9. The van der Waals surface area contributed by atoms with E-state index < -0.39 is 55.0 Å². The molecule has 0 N–H and O–H groups in total. The lowest BCUT2D eigenvalue weighted by molar-refractivity contribution is -0.161. The molecule has 0 radical (unpaired) electrons. The average molecular weight is 641 g/mol. The second kappa shape index (κ2) is 22.9. The molecular formula is C7H44O11Si12. The van der Waals surface area contributed by atoms with E-state index in [4.69, 9.17) is 33.4 Å². The summed E-state index contributed by atoms with van der Waals surface area (Å²) in [4.78, 5) is 0. The fourth-order valence-electron chi connectivity index (χ4n) is 1.96. The molecule has 0 aliphatic carbocycles. The molecule has 0 rings (SSSR count). The summed E-state index contributed by atoms with van der Waals surface area (Å²) in [7, 11) is -5.07. The molecule has 0 saturated carbocycles. The summed E-state index contributed by atoms with van der Waals surface area (Å²) >= 11 is 0. The summed E-state index contributed by atoms with van der Waals surface area (Å²) in [6, 6.07) is 0. The predicted molar refractivity (Wildman–Crippen MR) is 154 cm³/mol. The first-order valence-electron chi connectivity index (χ1n) is 9.41. The quantitative estimate of drug-likeness (QED) is 0.0784. The second-order valence-electron chi connectivity index (χ2n) is 6.49. The van der Waals surface area contributed by atoms with Crippen molar-refractivity contribution in [3.63, 3.8) is 0 Å². The number of hydrogen-bond donors (Lipinski definition) is 0. The Bertz CT molecular complexity index is 353. The van der Waals surface area contributed by atoms with E-state index >= 15 is 0 Å². The average Bonchev–Trinajstić information content (AvgIpc) is 2.63. The van der Waals surface area contributed by atoms with Crippen LogP contribution in [-0.4, -0.2) is 118 Å². The first-order valence-corrected chi connectivity index (χ1v) is 27.6. The van der Waals surface area contributed by atoms with Gasteiger partial charge in [-0.15, -0.1) is 0 Å². The highest BCUT2D eigenvalue weighted by Gasteiger charge is 2.41. The number of hydrogen-bond acceptors (Lipinski definition) is 11. The summed E-state index contributed by atoms with van der Waals surface area (Å²) in [5, 5.41) is 0. The third-order valence-corrected chi connectivity index (χ3v) is 23.0. The van der Waals surface area contributed by atoms with Gasteiger partial charge >= 0.3 is 27.6 Å². The van der Waals surface area contributed by atoms with Crippen molar-refractivity contribution in [1.82, 2.24) is 0 Å². The normalized spacial score (nSPS) is 15.5. The van der Waals surface area contributed by atoms with Crippen LogP contribution in [0.25, 0.3) is 0 Å². The van der Waals surface area contributed by atoms with Crippen LogP contribution in [0.2, 0.25) is 45.8 Å². The van der Waals surface area contributed by atoms with Gasteiger partial charge in [0.2, 0.25) is 0 Å². The smallest absolute Gasteiger partial charge is 0.447 e. The fourth-order valence-corrected chi connectivity index (χ4v) is 23.1. The van der Waals surface area contributed by atoms with Crippen LogP contribution in [0.5, 0.6) is 0 Å². The zero-order valence-corrected chi connectivity index (χ0v) is 39.8. The van der Waals surface area contributed by atoms with E-state index in [1.165, 1.54) is 0 Å². The molecule has 0 heterocycles. The van der Waals surface area contributed by atoms with Gasteiger partial charge < -0.3 is 38.0 Å². The summed E-state index contributed by atoms with van der Waals surface area (Å²) in [5.41, 5.74) is 0. The molecule has 0 amide bonds. The summed E-state index contributed by atoms with van der Waals surface area (Å²) in [6.07, 6.45) is 0. The van der Waals surface area contributed by atoms with Crippen molar-refractivity contribution in [2.45, 2.75) is 45.8 Å². The molecule has 1 unspecified atom stereocenters. The minimum atomic E-state index is -2.72. The van der Waals surface area contributed by atoms with Gasteiger partial charge in [-0.1, -0.05) is 0 Å². The lowest BCUT2D eigenvalue weighted by atomic mass is 11.9. The standard InChI is InChI=1S/C7H24O3Si4.H12O5Si5.H8O3Si3/c1-11(2)8-13(5)10-14(6,7)9-12(3)4;6-1-2-10(3-7,4-8)5-9;4-1-2-6-3-5/h11-13H,1-7H3;6-9H3;6H2,4-5H3. The Kier molecular flexibility index (Phi) is 28.1. The molecule has 30 heavy (non-hydrogen) atoms. The molecule has 0 aromatic carbocycles. The Hall–Kier alpha value is 2.16. The van der Waals surface area contributed by atoms with Crippen molar-refractivity contribution in [3.05, 3.63) is 0 Å². The van der Waals surface area contributed by atoms with Crippen molar-refractivity contribution in [1.29, 1.82) is 0 Å². The third kappa shape index (κ3) is 24.8. The van der Waals surface area contributed by atoms with Crippen LogP contribution in [-0.2, 0) is 47.1 Å². The molecule has 1 atom stereocenters. The van der Waals surface area contributed by atoms with E-state index in [9.17, 15) is 0 Å². The van der Waals surface area contributed by atoms with Gasteiger partial charge in [-0.05, 0) is 45.8 Å². The Balaban J connectivity index is -0.000000397. The lowest BCUT2D eigenvalue weighted by Gasteiger charge is -2.29. The summed E-state index contributed by atoms with van der Waals surface area (Å²) in [6.45, 7) is 15.1. The van der Waals surface area contributed by atoms with E-state index in [-0.39, 0.29) is 0 Å². The Morgan fingerprint density at radius 1 is 0.700 bits per heavy atom. The fraction of sp³-hybridized carbons (Fsp3) is 1.00. The van der Waals surface area contributed by atoms with Crippen LogP contribution in [0, 0.1) is 0 Å². The molecule has 0 aromatic heterocycles. The minimum Gasteiger partial charge on any atom is -0.447 e. The molecular weight excluding hydrogens is 597 g/mol. The first-order chi connectivity index (χ1) is 13.9. The third-order valence-electron chi connectivity index (χ3n) is 2.65. The van der Waals surface area contributed by atoms with Gasteiger partial charge in [0.1, 0.15) is 41.9 Å². The highest BCUT2D eigenvalue weighted by molar-refractivity contribution is 6.78. The molecule has 0 fully saturated rings. The minimum absolute atomic E-state index is 0.502. The van der Waals surface area contributed by atoms with Crippen LogP contribution in [0.1, 0.15) is 0 Å². The predicted octanol–water partition coefficient (Wildman–Crippen LogP) is -7.39. The van der Waals surface area contributed by atoms with Crippen molar-refractivity contribution in [3.8, 4) is 0 Å². The monoisotopic (exact) mass is 640 g/mol. The van der Waals surface area contributed by atoms with Crippen LogP contribution < -0.4 is 0 Å². The van der Waals surface area contributed by atoms with Gasteiger partial charge in [-0.2, -0.15) is 0 Å². The molecule has 0 aromatic rings. The van der Waals surface area contributed by atoms with E-state index in [2.05, 4.69) is 59.6 Å². The van der Waals surface area contributed by atoms with Crippen LogP contribution in [0.4, 0.5) is 0 Å². The Morgan fingerprint density at radius 2 is 1.20 bits per heavy atom. The van der Waals surface area contributed by atoms with Gasteiger partial charge in [-0.25, -0.2) is 4.58 Å². The van der Waals surface area contributed by atoms with Crippen molar-refractivity contribution in [2.75, 3.05) is 0 Å². The van der Waals surface area contributed by atoms with Gasteiger partial charge in [-0.3, -0.25) is 4.58 Å². The molecule has 11 nitrogen and oxygen atoms in total. The first kappa shape index (κ1) is 36.7. The Morgan fingerprint density at radius 3 is 1.43 bits per heavy atom. The Labute approximate surface area is 210 Å². The lowest BCUT2D eigenvalue weighted by Crippen LogP contribution is -2.47. The van der Waals surface area contributed by atoms with E-state index in [1.54, 1.807) is 0 Å². The molecule has 0 saturated heterocycles. The van der Waals surface area contributed by atoms with Gasteiger partial charge in [0.15, 0.2) is 39.1 Å². The zero-order chi connectivity index (χ0) is 24.2. The molecule has 0 aliphatic rings. The van der Waals surface area contributed by atoms with E-state index in [1.807, 2.05) is 0 Å². The summed E-state index contributed by atoms with van der Waals surface area (Å²) < 4.78 is 55.8. The van der Waals surface area contributed by atoms with Crippen molar-refractivity contribution >= 4 is 118 Å². The summed E-state index contributed by atoms with van der Waals surface area (Å²) in [5.74, 6) is 0. The maximum absolute atomic E-state index is 5.96. The van der Waals surface area contributed by atoms with Crippen molar-refractivity contribution < 1.29 is 47.1 Å². The van der Waals surface area contributed by atoms with Crippen LogP contribution in [0.3, 0.4) is 0 Å². The molecule has 0 aliphatic heterocycles. The largest absolute Gasteiger partial charge is 0.673 e. The molecule has 0 spiro atoms. The topological polar surface area (TPSA) is 102 Å². The maximum Gasteiger partial charge on any atom is 0.673 e. The number of rotatable bonds is 14. The van der Waals surface area contributed by atoms with Crippen molar-refractivity contribution in [2.24, 2.45) is 0 Å². The maximum atomic E-state index is 5.96. The second-order valence-corrected chi connectivity index (χ2v) is 27.1. The highest BCUT2D eigenvalue weighted by Crippen LogP contribution is 2.11. The van der Waals surface area contributed by atoms with Crippen LogP contribution >= 0.6 is 0 Å². The van der Waals surface area contributed by atoms with E-state index in [0.717, 1.165) is 10.5 Å². The molecule has 23 heteroatoms. The molecule has 0 bridgehead atoms.